The van der Waals surface area contributed by atoms with Gasteiger partial charge in [-0.2, -0.15) is 0 Å². The molecule has 0 aromatic heterocycles. The molecule has 0 radical (unpaired) electrons. The van der Waals surface area contributed by atoms with E-state index in [1.54, 1.807) is 6.92 Å². The van der Waals surface area contributed by atoms with E-state index >= 15 is 0 Å². The number of carbonyl (C=O) groups is 2. The third-order valence-electron chi connectivity index (χ3n) is 6.88. The second-order valence-electron chi connectivity index (χ2n) is 9.69. The molecule has 1 fully saturated rings. The molecule has 1 amide bonds. The molecule has 0 spiro atoms. The maximum atomic E-state index is 12.8. The van der Waals surface area contributed by atoms with E-state index in [9.17, 15) is 14.7 Å². The fourth-order valence-electron chi connectivity index (χ4n) is 5.60. The number of hydrogen-bond acceptors (Lipinski definition) is 3. The number of alkyl carbamates (subject to hydrolysis) is 1. The van der Waals surface area contributed by atoms with Gasteiger partial charge in [0.2, 0.25) is 0 Å². The minimum Gasteiger partial charge on any atom is -0.480 e. The number of nitrogens with one attached hydrogen (secondary N) is 1. The van der Waals surface area contributed by atoms with Gasteiger partial charge in [-0.25, -0.2) is 9.59 Å². The molecular weight excluding hydrogens is 416 g/mol. The van der Waals surface area contributed by atoms with Crippen molar-refractivity contribution in [1.82, 2.24) is 5.32 Å². The summed E-state index contributed by atoms with van der Waals surface area (Å²) in [4.78, 5) is 25.1. The Labute approximate surface area is 195 Å². The van der Waals surface area contributed by atoms with Crippen LogP contribution in [-0.4, -0.2) is 61.5 Å². The number of carboxylic acid groups (broad SMARTS) is 1. The molecule has 6 heteroatoms. The van der Waals surface area contributed by atoms with Gasteiger partial charge in [0.15, 0.2) is 6.04 Å². The summed E-state index contributed by atoms with van der Waals surface area (Å²) in [5.74, 6) is 4.88. The third-order valence-corrected chi connectivity index (χ3v) is 6.88. The number of carboxylic acids is 1. The van der Waals surface area contributed by atoms with Gasteiger partial charge in [-0.1, -0.05) is 54.5 Å². The molecule has 4 rings (SSSR count). The van der Waals surface area contributed by atoms with Crippen LogP contribution in [0.2, 0.25) is 0 Å². The SMILES string of the molecule is CC#C[C@]1([C@@H](NC(=O)OCC2c3ccccc3-c3ccccc32)C(=O)O)CCC[N+](C)(C)C1. The van der Waals surface area contributed by atoms with E-state index < -0.39 is 23.5 Å². The van der Waals surface area contributed by atoms with Gasteiger partial charge in [0.1, 0.15) is 12.0 Å². The number of aliphatic carboxylic acids is 1. The van der Waals surface area contributed by atoms with Crippen LogP contribution in [-0.2, 0) is 9.53 Å². The van der Waals surface area contributed by atoms with Crippen LogP contribution >= 0.6 is 0 Å². The molecule has 172 valence electrons. The number of fused-ring (bicyclic) bond motifs is 3. The topological polar surface area (TPSA) is 75.6 Å². The summed E-state index contributed by atoms with van der Waals surface area (Å²) >= 11 is 0. The van der Waals surface area contributed by atoms with Crippen molar-refractivity contribution in [3.63, 3.8) is 0 Å². The molecule has 2 aromatic carbocycles. The molecule has 0 unspecified atom stereocenters. The molecule has 2 atom stereocenters. The molecule has 2 N–H and O–H groups in total. The average Bonchev–Trinajstić information content (AvgIpc) is 3.09. The predicted octanol–water partition coefficient (Wildman–Crippen LogP) is 3.86. The first kappa shape index (κ1) is 22.9. The highest BCUT2D eigenvalue weighted by atomic mass is 16.5. The minimum absolute atomic E-state index is 0.0823. The van der Waals surface area contributed by atoms with Gasteiger partial charge in [-0.15, -0.1) is 5.92 Å². The van der Waals surface area contributed by atoms with Gasteiger partial charge in [-0.3, -0.25) is 0 Å². The Morgan fingerprint density at radius 1 is 1.15 bits per heavy atom. The van der Waals surface area contributed by atoms with Crippen molar-refractivity contribution in [1.29, 1.82) is 0 Å². The third kappa shape index (κ3) is 4.46. The number of likely N-dealkylation sites (tertiary alicyclic amines) is 1. The van der Waals surface area contributed by atoms with Gasteiger partial charge in [0.25, 0.3) is 0 Å². The van der Waals surface area contributed by atoms with E-state index in [-0.39, 0.29) is 12.5 Å². The summed E-state index contributed by atoms with van der Waals surface area (Å²) < 4.78 is 6.28. The van der Waals surface area contributed by atoms with Crippen LogP contribution in [0.15, 0.2) is 48.5 Å². The Morgan fingerprint density at radius 2 is 1.76 bits per heavy atom. The predicted molar refractivity (Wildman–Crippen MR) is 127 cm³/mol. The van der Waals surface area contributed by atoms with E-state index in [1.807, 2.05) is 24.3 Å². The van der Waals surface area contributed by atoms with Crippen molar-refractivity contribution >= 4 is 12.1 Å². The van der Waals surface area contributed by atoms with Crippen LogP contribution < -0.4 is 5.32 Å². The van der Waals surface area contributed by atoms with Gasteiger partial charge in [0.05, 0.1) is 27.2 Å². The highest BCUT2D eigenvalue weighted by Crippen LogP contribution is 2.44. The maximum absolute atomic E-state index is 12.8. The zero-order chi connectivity index (χ0) is 23.6. The molecule has 33 heavy (non-hydrogen) atoms. The number of benzene rings is 2. The Morgan fingerprint density at radius 3 is 2.30 bits per heavy atom. The molecule has 1 aliphatic carbocycles. The van der Waals surface area contributed by atoms with Crippen LogP contribution in [0.4, 0.5) is 4.79 Å². The van der Waals surface area contributed by atoms with Crippen LogP contribution in [0.5, 0.6) is 0 Å². The number of nitrogens with zero attached hydrogens (tertiary/aromatic N) is 1. The Kier molecular flexibility index (Phi) is 6.18. The fraction of sp³-hybridized carbons (Fsp3) is 0.407. The van der Waals surface area contributed by atoms with Gasteiger partial charge >= 0.3 is 12.1 Å². The molecule has 0 bridgehead atoms. The van der Waals surface area contributed by atoms with Crippen molar-refractivity contribution < 1.29 is 23.9 Å². The molecule has 2 aliphatic rings. The zero-order valence-corrected chi connectivity index (χ0v) is 19.4. The maximum Gasteiger partial charge on any atom is 0.407 e. The molecule has 2 aromatic rings. The molecule has 1 saturated heterocycles. The summed E-state index contributed by atoms with van der Waals surface area (Å²) in [6.45, 7) is 3.35. The molecule has 6 nitrogen and oxygen atoms in total. The highest BCUT2D eigenvalue weighted by Gasteiger charge is 2.50. The first-order valence-electron chi connectivity index (χ1n) is 11.4. The Bertz CT molecular complexity index is 1080. The monoisotopic (exact) mass is 447 g/mol. The van der Waals surface area contributed by atoms with E-state index in [1.165, 1.54) is 0 Å². The number of hydrogen-bond donors (Lipinski definition) is 2. The normalized spacial score (nSPS) is 21.7. The lowest BCUT2D eigenvalue weighted by molar-refractivity contribution is -0.901. The first-order chi connectivity index (χ1) is 15.8. The standard InChI is InChI=1S/C27H30N2O4/c1-4-14-27(15-9-16-29(2,3)18-27)24(25(30)31)28-26(32)33-17-23-21-12-7-5-10-19(21)20-11-6-8-13-22(20)23/h5-8,10-13,23-24H,9,15-18H2,1-3H3,(H-,28,30,31,32)/p+1/t24-,27-/m0/s1. The van der Waals surface area contributed by atoms with Gasteiger partial charge in [0, 0.05) is 5.92 Å². The first-order valence-corrected chi connectivity index (χ1v) is 11.4. The van der Waals surface area contributed by atoms with E-state index in [4.69, 9.17) is 4.74 Å². The molecule has 0 saturated carbocycles. The van der Waals surface area contributed by atoms with Crippen LogP contribution in [0, 0.1) is 17.3 Å². The average molecular weight is 448 g/mol. The number of rotatable bonds is 5. The largest absolute Gasteiger partial charge is 0.480 e. The van der Waals surface area contributed by atoms with Crippen LogP contribution in [0.3, 0.4) is 0 Å². The summed E-state index contributed by atoms with van der Waals surface area (Å²) in [5.41, 5.74) is 3.67. The number of quaternary nitrogens is 1. The number of carbonyl (C=O) groups excluding carboxylic acids is 1. The fourth-order valence-corrected chi connectivity index (χ4v) is 5.60. The molecular formula is C27H31N2O4+. The lowest BCUT2D eigenvalue weighted by Crippen LogP contribution is -2.62. The lowest BCUT2D eigenvalue weighted by Gasteiger charge is -2.45. The van der Waals surface area contributed by atoms with Crippen molar-refractivity contribution in [2.45, 2.75) is 31.7 Å². The van der Waals surface area contributed by atoms with E-state index in [0.717, 1.165) is 35.2 Å². The number of piperidine rings is 1. The second kappa shape index (κ2) is 8.92. The minimum atomic E-state index is -1.14. The van der Waals surface area contributed by atoms with E-state index in [2.05, 4.69) is 55.5 Å². The second-order valence-corrected chi connectivity index (χ2v) is 9.69. The Hall–Kier alpha value is -3.30. The Balaban J connectivity index is 1.52. The number of amides is 1. The zero-order valence-electron chi connectivity index (χ0n) is 19.4. The van der Waals surface area contributed by atoms with Crippen molar-refractivity contribution in [3.05, 3.63) is 59.7 Å². The van der Waals surface area contributed by atoms with Gasteiger partial charge < -0.3 is 19.6 Å². The summed E-state index contributed by atoms with van der Waals surface area (Å²) in [6.07, 6.45) is 0.742. The summed E-state index contributed by atoms with van der Waals surface area (Å²) in [7, 11) is 4.13. The van der Waals surface area contributed by atoms with Crippen molar-refractivity contribution in [3.8, 4) is 23.0 Å². The molecule has 1 heterocycles. The van der Waals surface area contributed by atoms with Crippen molar-refractivity contribution in [2.24, 2.45) is 5.41 Å². The summed E-state index contributed by atoms with van der Waals surface area (Å²) in [6, 6.07) is 15.1. The summed E-state index contributed by atoms with van der Waals surface area (Å²) in [5, 5.41) is 12.7. The van der Waals surface area contributed by atoms with Crippen LogP contribution in [0.1, 0.15) is 36.8 Å². The smallest absolute Gasteiger partial charge is 0.407 e. The van der Waals surface area contributed by atoms with Crippen molar-refractivity contribution in [2.75, 3.05) is 33.8 Å². The number of ether oxygens (including phenoxy) is 1. The van der Waals surface area contributed by atoms with Gasteiger partial charge in [-0.05, 0) is 42.0 Å². The quantitative estimate of drug-likeness (QED) is 0.539. The highest BCUT2D eigenvalue weighted by molar-refractivity contribution is 5.82. The lowest BCUT2D eigenvalue weighted by atomic mass is 9.73. The van der Waals surface area contributed by atoms with Crippen LogP contribution in [0.25, 0.3) is 11.1 Å². The van der Waals surface area contributed by atoms with E-state index in [0.29, 0.717) is 17.4 Å². The molecule has 1 aliphatic heterocycles.